The highest BCUT2D eigenvalue weighted by molar-refractivity contribution is 7.12. The summed E-state index contributed by atoms with van der Waals surface area (Å²) in [5.74, 6) is 0. The molecule has 1 heterocycles. The molecular weight excluding hydrogens is 188 g/mol. The van der Waals surface area contributed by atoms with Crippen LogP contribution in [0.2, 0.25) is 0 Å². The molecule has 0 saturated heterocycles. The molecule has 0 aliphatic heterocycles. The quantitative estimate of drug-likeness (QED) is 0.547. The smallest absolute Gasteiger partial charge is 0.0517 e. The maximum absolute atomic E-state index is 2.27. The molecule has 0 bridgehead atoms. The summed E-state index contributed by atoms with van der Waals surface area (Å²) in [4.78, 5) is 2.93. The summed E-state index contributed by atoms with van der Waals surface area (Å²) in [5.41, 5.74) is 0.540. The number of hydrogen-bond donors (Lipinski definition) is 0. The maximum Gasteiger partial charge on any atom is 0.219 e. The Labute approximate surface area is 92.0 Å². The van der Waals surface area contributed by atoms with E-state index in [2.05, 4.69) is 59.7 Å². The zero-order chi connectivity index (χ0) is 11.0. The predicted octanol–water partition coefficient (Wildman–Crippen LogP) is 4.62. The summed E-state index contributed by atoms with van der Waals surface area (Å²) >= 11 is 1.94. The molecule has 0 fully saturated rings. The lowest BCUT2D eigenvalue weighted by Crippen LogP contribution is -2.13. The molecule has 0 saturated carbocycles. The Hall–Kier alpha value is -0.430. The second kappa shape index (κ2) is 3.62. The second-order valence-electron chi connectivity index (χ2n) is 5.86. The summed E-state index contributed by atoms with van der Waals surface area (Å²) in [5, 5.41) is 0. The van der Waals surface area contributed by atoms with E-state index in [1.807, 2.05) is 11.3 Å². The number of rotatable bonds is 0. The van der Waals surface area contributed by atoms with Crippen molar-refractivity contribution in [1.82, 2.24) is 0 Å². The first kappa shape index (κ1) is 11.6. The van der Waals surface area contributed by atoms with Gasteiger partial charge in [0.2, 0.25) is 21.1 Å². The molecule has 0 aliphatic rings. The Morgan fingerprint density at radius 3 is 1.43 bits per heavy atom. The first-order valence-electron chi connectivity index (χ1n) is 5.15. The third-order valence-corrected chi connectivity index (χ3v) is 4.13. The van der Waals surface area contributed by atoms with E-state index >= 15 is 0 Å². The molecule has 78 valence electrons. The molecule has 1 aromatic heterocycles. The van der Waals surface area contributed by atoms with Crippen molar-refractivity contribution < 1.29 is 0 Å². The van der Waals surface area contributed by atoms with E-state index in [0.717, 1.165) is 0 Å². The molecule has 0 N–H and O–H groups in total. The fourth-order valence-corrected chi connectivity index (χ4v) is 2.36. The molecule has 0 amide bonds. The summed E-state index contributed by atoms with van der Waals surface area (Å²) < 4.78 is 0. The molecule has 0 aliphatic carbocycles. The minimum absolute atomic E-state index is 0.270. The average Bonchev–Trinajstić information content (AvgIpc) is 2.01. The Balaban J connectivity index is 3.15. The van der Waals surface area contributed by atoms with Gasteiger partial charge in [-0.1, -0.05) is 47.6 Å². The standard InChI is InChI=1S/C13H21S/c1-12(2,3)10-8-7-9-11(14-10)13(4,5)6/h7-9H,1-6H3/q+1. The summed E-state index contributed by atoms with van der Waals surface area (Å²) in [6.07, 6.45) is 0. The third-order valence-electron chi connectivity index (χ3n) is 2.19. The molecular formula is C13H21S+. The van der Waals surface area contributed by atoms with E-state index in [4.69, 9.17) is 0 Å². The first-order valence-corrected chi connectivity index (χ1v) is 5.97. The summed E-state index contributed by atoms with van der Waals surface area (Å²) in [6.45, 7) is 13.6. The van der Waals surface area contributed by atoms with Gasteiger partial charge in [0.05, 0.1) is 0 Å². The van der Waals surface area contributed by atoms with Crippen LogP contribution < -0.4 is 0 Å². The average molecular weight is 209 g/mol. The normalized spacial score (nSPS) is 13.0. The summed E-state index contributed by atoms with van der Waals surface area (Å²) in [7, 11) is 0. The van der Waals surface area contributed by atoms with Crippen LogP contribution in [0.25, 0.3) is 0 Å². The van der Waals surface area contributed by atoms with Gasteiger partial charge in [-0.05, 0) is 12.1 Å². The van der Waals surface area contributed by atoms with Gasteiger partial charge < -0.3 is 0 Å². The minimum Gasteiger partial charge on any atom is -0.0517 e. The van der Waals surface area contributed by atoms with Crippen LogP contribution in [0.4, 0.5) is 0 Å². The van der Waals surface area contributed by atoms with E-state index in [1.165, 1.54) is 9.75 Å². The van der Waals surface area contributed by atoms with E-state index in [0.29, 0.717) is 0 Å². The van der Waals surface area contributed by atoms with Gasteiger partial charge in [-0.3, -0.25) is 0 Å². The van der Waals surface area contributed by atoms with Gasteiger partial charge >= 0.3 is 0 Å². The second-order valence-corrected chi connectivity index (χ2v) is 6.94. The Morgan fingerprint density at radius 2 is 1.14 bits per heavy atom. The van der Waals surface area contributed by atoms with Crippen molar-refractivity contribution in [1.29, 1.82) is 0 Å². The lowest BCUT2D eigenvalue weighted by molar-refractivity contribution is 0.593. The largest absolute Gasteiger partial charge is 0.219 e. The summed E-state index contributed by atoms with van der Waals surface area (Å²) in [6, 6.07) is 6.65. The van der Waals surface area contributed by atoms with Crippen molar-refractivity contribution >= 4 is 11.3 Å². The van der Waals surface area contributed by atoms with Crippen molar-refractivity contribution in [2.45, 2.75) is 52.4 Å². The van der Waals surface area contributed by atoms with Gasteiger partial charge in [-0.2, -0.15) is 0 Å². The van der Waals surface area contributed by atoms with Crippen molar-refractivity contribution in [3.63, 3.8) is 0 Å². The molecule has 0 unspecified atom stereocenters. The molecule has 1 heteroatoms. The van der Waals surface area contributed by atoms with Gasteiger partial charge in [0, 0.05) is 10.8 Å². The van der Waals surface area contributed by atoms with Gasteiger partial charge in [0.25, 0.3) is 0 Å². The molecule has 0 spiro atoms. The van der Waals surface area contributed by atoms with Crippen molar-refractivity contribution in [2.24, 2.45) is 0 Å². The van der Waals surface area contributed by atoms with Crippen LogP contribution in [-0.4, -0.2) is 0 Å². The third kappa shape index (κ3) is 2.78. The fraction of sp³-hybridized carbons (Fsp3) is 0.615. The number of hydrogen-bond acceptors (Lipinski definition) is 0. The van der Waals surface area contributed by atoms with Crippen LogP contribution in [-0.2, 0) is 10.8 Å². The monoisotopic (exact) mass is 209 g/mol. The molecule has 14 heavy (non-hydrogen) atoms. The minimum atomic E-state index is 0.270. The predicted molar refractivity (Wildman–Crippen MR) is 66.1 cm³/mol. The highest BCUT2D eigenvalue weighted by Gasteiger charge is 2.29. The lowest BCUT2D eigenvalue weighted by atomic mass is 9.93. The van der Waals surface area contributed by atoms with E-state index in [1.54, 1.807) is 0 Å². The molecule has 0 atom stereocenters. The van der Waals surface area contributed by atoms with Crippen molar-refractivity contribution in [2.75, 3.05) is 0 Å². The molecule has 0 radical (unpaired) electrons. The molecule has 0 aromatic carbocycles. The van der Waals surface area contributed by atoms with Gasteiger partial charge in [0.1, 0.15) is 0 Å². The van der Waals surface area contributed by atoms with E-state index in [9.17, 15) is 0 Å². The molecule has 1 aromatic rings. The maximum atomic E-state index is 2.27. The first-order chi connectivity index (χ1) is 6.21. The molecule has 1 rings (SSSR count). The lowest BCUT2D eigenvalue weighted by Gasteiger charge is -2.14. The zero-order valence-electron chi connectivity index (χ0n) is 10.1. The van der Waals surface area contributed by atoms with Crippen LogP contribution in [0.5, 0.6) is 0 Å². The van der Waals surface area contributed by atoms with Gasteiger partial charge in [-0.25, -0.2) is 0 Å². The van der Waals surface area contributed by atoms with Crippen LogP contribution in [0.15, 0.2) is 18.2 Å². The Kier molecular flexibility index (Phi) is 3.01. The van der Waals surface area contributed by atoms with E-state index < -0.39 is 0 Å². The molecule has 0 nitrogen and oxygen atoms in total. The van der Waals surface area contributed by atoms with Crippen molar-refractivity contribution in [3.8, 4) is 0 Å². The van der Waals surface area contributed by atoms with Gasteiger partial charge in [0.15, 0.2) is 0 Å². The highest BCUT2D eigenvalue weighted by atomic mass is 32.1. The van der Waals surface area contributed by atoms with Crippen LogP contribution >= 0.6 is 11.3 Å². The Bertz CT molecular complexity index is 283. The SMILES string of the molecule is CC(C)(C)c1cccc(C(C)(C)C)[s+]1. The van der Waals surface area contributed by atoms with E-state index in [-0.39, 0.29) is 10.8 Å². The van der Waals surface area contributed by atoms with Crippen LogP contribution in [0, 0.1) is 0 Å². The van der Waals surface area contributed by atoms with Crippen LogP contribution in [0.3, 0.4) is 0 Å². The van der Waals surface area contributed by atoms with Gasteiger partial charge in [-0.15, -0.1) is 0 Å². The van der Waals surface area contributed by atoms with Crippen LogP contribution in [0.1, 0.15) is 51.3 Å². The zero-order valence-corrected chi connectivity index (χ0v) is 11.0. The topological polar surface area (TPSA) is 0 Å². The highest BCUT2D eigenvalue weighted by Crippen LogP contribution is 2.33. The van der Waals surface area contributed by atoms with Crippen molar-refractivity contribution in [3.05, 3.63) is 28.0 Å². The fourth-order valence-electron chi connectivity index (χ4n) is 1.22. The Morgan fingerprint density at radius 1 is 0.786 bits per heavy atom.